The SMILES string of the molecule is CC(O)c1c(F)cncc1Br.CC1(C)OB(B2OC(C)(C)C(C)(C)O2)OC1(C)C.CC1(C)OB(c2cnc3c(c2)CCCN3C(N)=O)OC1(C)C.CC=O.C[C@@H](O)c1c(F)cncc1-c1cnc2c(c1)CCCN2C(N)=O.C[C@@H](O)c1c(F)cncc1Br.C[C@@H](O)c1c(F)cncc1Br.C[C@H](O)c1c(F)cncc1Br.Fc1cncc(Br)c1.NC(=O)N1CCCc2cc(Br)cnc21. The molecule has 15 rings (SSSR count). The number of hydrogen-bond acceptors (Lipinski definition) is 24. The number of urea groups is 3. The molecule has 0 radical (unpaired) electrons. The van der Waals surface area contributed by atoms with Crippen LogP contribution in [0.5, 0.6) is 0 Å². The maximum atomic E-state index is 14.0. The van der Waals surface area contributed by atoms with Crippen molar-refractivity contribution in [3.8, 4) is 11.1 Å². The standard InChI is InChI=1S/C16H17FN4O2.C15H22BN3O3.C12H24B2O4.C9H10BrN3O.4C7H7BrFNO.C5H3BrFN.C2H4O/c1-9(22)14-12(7-19-8-13(14)17)11-5-10-3-2-4-21(16(18)23)15(10)20-6-11;1-14(2)15(3,4)22-16(21-14)11-8-10-6-5-7-19(13(17)20)12(10)18-9-11;1-9(2)10(3,4)16-13(15-9)14-17-11(5,6)12(7,8)18-14;10-7-4-6-2-1-3-13(9(11)14)8(6)12-5-7;4*1-4(11)7-5(8)2-10-3-6(7)9;6-4-1-5(7)3-8-2-4;1-2-3/h5-9,22H,2-4H2,1H3,(H2,18,23);8-9H,5-7H2,1-4H3,(H2,17,20);1-8H3;4-5H,1-3H2,(H2,11,14);4*2-4,11H,1H3;1-3H;2H,1H3/t9-;;;;3*4-;;;/m1...110.../s1. The van der Waals surface area contributed by atoms with Gasteiger partial charge in [0.15, 0.2) is 0 Å². The number of aliphatic hydroxyl groups excluding tert-OH is 5. The molecule has 9 aromatic rings. The van der Waals surface area contributed by atoms with Crippen molar-refractivity contribution in [3.05, 3.63) is 223 Å². The van der Waals surface area contributed by atoms with Crippen LogP contribution in [0.15, 0.2) is 144 Å². The van der Waals surface area contributed by atoms with E-state index in [0.717, 1.165) is 109 Å². The average molecular weight is 2230 g/mol. The fourth-order valence-electron chi connectivity index (χ4n) is 13.0. The van der Waals surface area contributed by atoms with Gasteiger partial charge in [0, 0.05) is 147 Å². The zero-order valence-corrected chi connectivity index (χ0v) is 85.5. The number of fused-ring (bicyclic) bond motifs is 3. The summed E-state index contributed by atoms with van der Waals surface area (Å²) in [4.78, 5) is 82.1. The fourth-order valence-corrected chi connectivity index (χ4v) is 16.3. The van der Waals surface area contributed by atoms with Gasteiger partial charge < -0.3 is 75.5 Å². The van der Waals surface area contributed by atoms with Crippen LogP contribution >= 0.6 is 95.6 Å². The minimum absolute atomic E-state index is 0.185. The maximum Gasteiger partial charge on any atom is 0.496 e. The Labute approximate surface area is 815 Å². The highest BCUT2D eigenvalue weighted by Crippen LogP contribution is 2.44. The van der Waals surface area contributed by atoms with E-state index < -0.39 is 98.8 Å². The lowest BCUT2D eigenvalue weighted by atomic mass is 9.49. The molecule has 714 valence electrons. The van der Waals surface area contributed by atoms with Crippen molar-refractivity contribution in [1.82, 2.24) is 44.9 Å². The smallest absolute Gasteiger partial charge is 0.405 e. The van der Waals surface area contributed by atoms with E-state index in [2.05, 4.69) is 140 Å². The van der Waals surface area contributed by atoms with Crippen LogP contribution in [0.25, 0.3) is 11.1 Å². The summed E-state index contributed by atoms with van der Waals surface area (Å²) >= 11 is 18.8. The van der Waals surface area contributed by atoms with Gasteiger partial charge in [-0.15, -0.1) is 0 Å². The van der Waals surface area contributed by atoms with E-state index in [1.165, 1.54) is 99.5 Å². The number of nitrogens with two attached hydrogens (primary N) is 3. The summed E-state index contributed by atoms with van der Waals surface area (Å²) in [6.45, 7) is 35.1. The Morgan fingerprint density at radius 2 is 0.659 bits per heavy atom. The topological polar surface area (TPSA) is 429 Å². The maximum absolute atomic E-state index is 14.0. The fraction of sp³-hybridized carbons (Fsp3) is 0.437. The Kier molecular flexibility index (Phi) is 42.5. The van der Waals surface area contributed by atoms with E-state index in [0.29, 0.717) is 70.6 Å². The van der Waals surface area contributed by atoms with Crippen LogP contribution in [-0.4, -0.2) is 169 Å². The summed E-state index contributed by atoms with van der Waals surface area (Å²) in [6, 6.07) is 5.77. The summed E-state index contributed by atoms with van der Waals surface area (Å²) < 4.78 is 117. The summed E-state index contributed by atoms with van der Waals surface area (Å²) in [7, 11) is -1.39. The predicted molar refractivity (Wildman–Crippen MR) is 512 cm³/mol. The third-order valence-electron chi connectivity index (χ3n) is 21.7. The normalized spacial score (nSPS) is 17.4. The lowest BCUT2D eigenvalue weighted by Crippen LogP contribution is -2.41. The Morgan fingerprint density at radius 1 is 0.386 bits per heavy atom. The number of carbonyl (C=O) groups excluding carboxylic acids is 4. The van der Waals surface area contributed by atoms with Crippen LogP contribution in [0.1, 0.15) is 219 Å². The second-order valence-corrected chi connectivity index (χ2v) is 38.5. The number of nitrogens with zero attached hydrogens (tertiary/aromatic N) is 12. The number of anilines is 3. The molecule has 0 aromatic carbocycles. The molecule has 0 bridgehead atoms. The molecule has 11 N–H and O–H groups in total. The van der Waals surface area contributed by atoms with Gasteiger partial charge in [-0.1, -0.05) is 6.07 Å². The molecule has 0 saturated carbocycles. The van der Waals surface area contributed by atoms with Crippen molar-refractivity contribution in [2.45, 2.75) is 227 Å². The first kappa shape index (κ1) is 113. The van der Waals surface area contributed by atoms with Crippen LogP contribution in [0.3, 0.4) is 0 Å². The third-order valence-corrected chi connectivity index (χ3v) is 25.1. The quantitative estimate of drug-likeness (QED) is 0.0398. The summed E-state index contributed by atoms with van der Waals surface area (Å²) in [6.07, 6.45) is 22.0. The summed E-state index contributed by atoms with van der Waals surface area (Å²) in [5.74, 6) is -0.956. The molecule has 15 heterocycles. The first-order valence-corrected chi connectivity index (χ1v) is 46.0. The molecular weight excluding hydrogens is 2120 g/mol. The number of pyridine rings is 9. The Hall–Kier alpha value is -7.96. The minimum atomic E-state index is -0.967. The van der Waals surface area contributed by atoms with E-state index in [1.54, 1.807) is 18.6 Å². The van der Waals surface area contributed by atoms with Gasteiger partial charge in [0.25, 0.3) is 0 Å². The minimum Gasteiger partial charge on any atom is -0.405 e. The highest BCUT2D eigenvalue weighted by molar-refractivity contribution is 9.11. The number of rotatable bonds is 8. The van der Waals surface area contributed by atoms with E-state index in [1.807, 2.05) is 101 Å². The largest absolute Gasteiger partial charge is 0.496 e. The Morgan fingerprint density at radius 3 is 0.947 bits per heavy atom. The molecule has 3 fully saturated rings. The van der Waals surface area contributed by atoms with Gasteiger partial charge in [0.05, 0.1) is 101 Å². The molecule has 3 saturated heterocycles. The van der Waals surface area contributed by atoms with Crippen LogP contribution in [0.4, 0.5) is 58.2 Å². The predicted octanol–water partition coefficient (Wildman–Crippen LogP) is 17.6. The number of aromatic nitrogens is 9. The van der Waals surface area contributed by atoms with Crippen molar-refractivity contribution in [2.75, 3.05) is 34.3 Å². The Balaban J connectivity index is 0.000000232. The van der Waals surface area contributed by atoms with Gasteiger partial charge in [0.1, 0.15) is 58.6 Å². The van der Waals surface area contributed by atoms with Gasteiger partial charge in [-0.2, -0.15) is 0 Å². The lowest BCUT2D eigenvalue weighted by Gasteiger charge is -2.32. The molecule has 6 amide bonds. The average Bonchev–Trinajstić information content (AvgIpc) is 1.59. The molecule has 45 heteroatoms. The number of carbonyl (C=O) groups is 4. The second-order valence-electron chi connectivity index (χ2n) is 33.3. The van der Waals surface area contributed by atoms with E-state index >= 15 is 0 Å². The van der Waals surface area contributed by atoms with Crippen molar-refractivity contribution in [3.63, 3.8) is 0 Å². The third kappa shape index (κ3) is 30.5. The van der Waals surface area contributed by atoms with Gasteiger partial charge in [-0.25, -0.2) is 55.7 Å². The molecule has 1 unspecified atom stereocenters. The molecular formula is C87H108B3Br6F6N15O15. The highest BCUT2D eigenvalue weighted by Gasteiger charge is 2.64. The molecule has 132 heavy (non-hydrogen) atoms. The van der Waals surface area contributed by atoms with Crippen LogP contribution < -0.4 is 37.4 Å². The molecule has 6 aliphatic heterocycles. The highest BCUT2D eigenvalue weighted by atomic mass is 79.9. The number of amides is 6. The first-order chi connectivity index (χ1) is 61.5. The molecule has 6 aliphatic rings. The van der Waals surface area contributed by atoms with E-state index in [9.17, 15) is 45.8 Å². The first-order valence-electron chi connectivity index (χ1n) is 41.2. The Bertz CT molecular complexity index is 5030. The zero-order chi connectivity index (χ0) is 99.2. The van der Waals surface area contributed by atoms with Crippen molar-refractivity contribution in [2.24, 2.45) is 17.2 Å². The molecule has 5 atom stereocenters. The van der Waals surface area contributed by atoms with Gasteiger partial charge >= 0.3 is 39.2 Å². The van der Waals surface area contributed by atoms with Crippen LogP contribution in [0.2, 0.25) is 0 Å². The van der Waals surface area contributed by atoms with Crippen molar-refractivity contribution < 1.29 is 99.0 Å². The van der Waals surface area contributed by atoms with E-state index in [4.69, 9.17) is 70.3 Å². The monoisotopic (exact) mass is 2220 g/mol. The number of halogens is 12. The summed E-state index contributed by atoms with van der Waals surface area (Å²) in [5.41, 5.74) is 20.0. The lowest BCUT2D eigenvalue weighted by molar-refractivity contribution is -0.106. The van der Waals surface area contributed by atoms with Crippen molar-refractivity contribution in [1.29, 1.82) is 0 Å². The molecule has 0 spiro atoms. The number of aliphatic hydroxyl groups is 5. The van der Waals surface area contributed by atoms with Gasteiger partial charge in [-0.3, -0.25) is 44.6 Å². The zero-order valence-electron chi connectivity index (χ0n) is 76.0. The summed E-state index contributed by atoms with van der Waals surface area (Å²) in [5, 5.41) is 46.2. The van der Waals surface area contributed by atoms with Crippen LogP contribution in [-0.2, 0) is 52.0 Å². The van der Waals surface area contributed by atoms with Crippen molar-refractivity contribution >= 4 is 164 Å². The number of primary amides is 3. The van der Waals surface area contributed by atoms with Crippen LogP contribution in [0, 0.1) is 34.9 Å². The van der Waals surface area contributed by atoms with E-state index in [-0.39, 0.29) is 67.2 Å². The number of hydrogen-bond donors (Lipinski definition) is 8. The number of aldehydes is 1. The molecule has 0 aliphatic carbocycles. The second kappa shape index (κ2) is 49.7. The molecule has 30 nitrogen and oxygen atoms in total. The van der Waals surface area contributed by atoms with Gasteiger partial charge in [-0.05, 0) is 294 Å². The molecule has 9 aromatic heterocycles. The van der Waals surface area contributed by atoms with Gasteiger partial charge in [0.2, 0.25) is 0 Å². The number of aryl methyl sites for hydroxylation is 3.